The van der Waals surface area contributed by atoms with Crippen LogP contribution in [0.2, 0.25) is 0 Å². The topological polar surface area (TPSA) is 45.2 Å². The van der Waals surface area contributed by atoms with Crippen molar-refractivity contribution in [2.24, 2.45) is 0 Å². The molecule has 2 aliphatic rings. The monoisotopic (exact) mass is 395 g/mol. The minimum Gasteiger partial charge on any atom is -0.335 e. The Hall–Kier alpha value is -2.05. The third-order valence-electron chi connectivity index (χ3n) is 5.23. The van der Waals surface area contributed by atoms with Crippen molar-refractivity contribution in [2.75, 3.05) is 18.0 Å². The van der Waals surface area contributed by atoms with Crippen LogP contribution in [0.5, 0.6) is 0 Å². The maximum absolute atomic E-state index is 4.79. The second-order valence-electron chi connectivity index (χ2n) is 6.82. The van der Waals surface area contributed by atoms with Crippen LogP contribution in [-0.2, 0) is 6.54 Å². The summed E-state index contributed by atoms with van der Waals surface area (Å²) in [6.07, 6.45) is 4.99. The largest absolute Gasteiger partial charge is 0.335 e. The Morgan fingerprint density at radius 1 is 1.08 bits per heavy atom. The van der Waals surface area contributed by atoms with E-state index in [0.717, 1.165) is 46.7 Å². The summed E-state index contributed by atoms with van der Waals surface area (Å²) in [7, 11) is 0. The fraction of sp³-hybridized carbons (Fsp3) is 0.316. The number of rotatable bonds is 3. The maximum atomic E-state index is 4.79. The number of halogens is 1. The molecule has 2 saturated heterocycles. The van der Waals surface area contributed by atoms with Crippen molar-refractivity contribution in [3.63, 3.8) is 0 Å². The normalized spacial score (nSPS) is 22.8. The Morgan fingerprint density at radius 3 is 2.84 bits per heavy atom. The number of benzene rings is 1. The Bertz CT molecular complexity index is 916. The molecular weight excluding hydrogens is 378 g/mol. The molecule has 2 bridgehead atoms. The molecule has 2 unspecified atom stereocenters. The van der Waals surface area contributed by atoms with Gasteiger partial charge in [-0.15, -0.1) is 0 Å². The van der Waals surface area contributed by atoms with Crippen molar-refractivity contribution >= 4 is 32.8 Å². The molecule has 4 heterocycles. The molecule has 0 aliphatic carbocycles. The van der Waals surface area contributed by atoms with E-state index in [0.29, 0.717) is 12.1 Å². The van der Waals surface area contributed by atoms with Crippen LogP contribution in [0.1, 0.15) is 12.1 Å². The van der Waals surface area contributed by atoms with Crippen LogP contribution in [0.15, 0.2) is 53.3 Å². The van der Waals surface area contributed by atoms with E-state index in [-0.39, 0.29) is 0 Å². The van der Waals surface area contributed by atoms with Crippen molar-refractivity contribution in [1.82, 2.24) is 19.9 Å². The van der Waals surface area contributed by atoms with Gasteiger partial charge in [-0.2, -0.15) is 0 Å². The number of aromatic nitrogens is 3. The predicted molar refractivity (Wildman–Crippen MR) is 101 cm³/mol. The zero-order chi connectivity index (χ0) is 16.8. The molecule has 2 aromatic heterocycles. The lowest BCUT2D eigenvalue weighted by atomic mass is 10.2. The van der Waals surface area contributed by atoms with E-state index in [4.69, 9.17) is 4.98 Å². The highest BCUT2D eigenvalue weighted by atomic mass is 79.9. The van der Waals surface area contributed by atoms with Gasteiger partial charge in [-0.05, 0) is 36.8 Å². The molecule has 0 amide bonds. The molecule has 3 aromatic rings. The predicted octanol–water partition coefficient (Wildman–Crippen LogP) is 3.25. The summed E-state index contributed by atoms with van der Waals surface area (Å²) >= 11 is 3.50. The minimum atomic E-state index is 0.501. The summed E-state index contributed by atoms with van der Waals surface area (Å²) in [6, 6.07) is 13.3. The van der Waals surface area contributed by atoms with Gasteiger partial charge < -0.3 is 4.90 Å². The number of anilines is 1. The SMILES string of the molecule is Brc1ccc2nc(N3CC4CC3CN4Cc3ccccn3)ncc2c1. The Labute approximate surface area is 154 Å². The fourth-order valence-electron chi connectivity index (χ4n) is 4.02. The van der Waals surface area contributed by atoms with E-state index in [1.807, 2.05) is 30.6 Å². The standard InChI is InChI=1S/C19H18BrN5/c20-14-4-5-18-13(7-14)9-22-19(23-18)25-12-16-8-17(25)11-24(16)10-15-3-1-2-6-21-15/h1-7,9,16-17H,8,10-12H2. The number of hydrogen-bond acceptors (Lipinski definition) is 5. The van der Waals surface area contributed by atoms with Crippen molar-refractivity contribution < 1.29 is 0 Å². The smallest absolute Gasteiger partial charge is 0.226 e. The number of piperazine rings is 1. The first-order valence-electron chi connectivity index (χ1n) is 8.59. The van der Waals surface area contributed by atoms with Crippen LogP contribution in [-0.4, -0.2) is 45.0 Å². The van der Waals surface area contributed by atoms with Crippen LogP contribution in [0, 0.1) is 0 Å². The van der Waals surface area contributed by atoms with Crippen LogP contribution in [0.3, 0.4) is 0 Å². The second kappa shape index (κ2) is 6.04. The summed E-state index contributed by atoms with van der Waals surface area (Å²) in [5, 5.41) is 1.07. The molecule has 0 radical (unpaired) electrons. The molecule has 126 valence electrons. The van der Waals surface area contributed by atoms with Gasteiger partial charge in [0.2, 0.25) is 5.95 Å². The fourth-order valence-corrected chi connectivity index (χ4v) is 4.40. The molecule has 6 heteroatoms. The molecular formula is C19H18BrN5. The van der Waals surface area contributed by atoms with Gasteiger partial charge in [-0.1, -0.05) is 22.0 Å². The average molecular weight is 396 g/mol. The zero-order valence-corrected chi connectivity index (χ0v) is 15.3. The summed E-state index contributed by atoms with van der Waals surface area (Å²) < 4.78 is 1.06. The first-order valence-corrected chi connectivity index (χ1v) is 9.38. The summed E-state index contributed by atoms with van der Waals surface area (Å²) in [6.45, 7) is 2.99. The molecule has 25 heavy (non-hydrogen) atoms. The van der Waals surface area contributed by atoms with Crippen LogP contribution in [0.25, 0.3) is 10.9 Å². The van der Waals surface area contributed by atoms with Crippen molar-refractivity contribution in [3.8, 4) is 0 Å². The Morgan fingerprint density at radius 2 is 2.04 bits per heavy atom. The minimum absolute atomic E-state index is 0.501. The first kappa shape index (κ1) is 15.2. The molecule has 1 aromatic carbocycles. The van der Waals surface area contributed by atoms with Gasteiger partial charge in [0.1, 0.15) is 0 Å². The second-order valence-corrected chi connectivity index (χ2v) is 7.74. The van der Waals surface area contributed by atoms with Gasteiger partial charge >= 0.3 is 0 Å². The lowest BCUT2D eigenvalue weighted by Crippen LogP contribution is -2.46. The number of pyridine rings is 1. The van der Waals surface area contributed by atoms with Crippen LogP contribution >= 0.6 is 15.9 Å². The van der Waals surface area contributed by atoms with E-state index in [1.165, 1.54) is 6.42 Å². The van der Waals surface area contributed by atoms with Crippen molar-refractivity contribution in [1.29, 1.82) is 0 Å². The van der Waals surface area contributed by atoms with E-state index >= 15 is 0 Å². The molecule has 5 rings (SSSR count). The van der Waals surface area contributed by atoms with E-state index in [9.17, 15) is 0 Å². The zero-order valence-electron chi connectivity index (χ0n) is 13.7. The van der Waals surface area contributed by atoms with E-state index in [1.54, 1.807) is 0 Å². The molecule has 0 N–H and O–H groups in total. The van der Waals surface area contributed by atoms with Crippen molar-refractivity contribution in [2.45, 2.75) is 25.0 Å². The average Bonchev–Trinajstić information content (AvgIpc) is 3.22. The molecule has 5 nitrogen and oxygen atoms in total. The van der Waals surface area contributed by atoms with Gasteiger partial charge in [-0.3, -0.25) is 9.88 Å². The highest BCUT2D eigenvalue weighted by Crippen LogP contribution is 2.34. The maximum Gasteiger partial charge on any atom is 0.226 e. The number of likely N-dealkylation sites (tertiary alicyclic amines) is 1. The van der Waals surface area contributed by atoms with Gasteiger partial charge in [0.15, 0.2) is 0 Å². The summed E-state index contributed by atoms with van der Waals surface area (Å²) in [5.41, 5.74) is 2.15. The highest BCUT2D eigenvalue weighted by Gasteiger charge is 2.44. The first-order chi connectivity index (χ1) is 12.3. The number of fused-ring (bicyclic) bond motifs is 3. The molecule has 2 fully saturated rings. The van der Waals surface area contributed by atoms with Crippen LogP contribution < -0.4 is 4.90 Å². The molecule has 0 saturated carbocycles. The van der Waals surface area contributed by atoms with E-state index < -0.39 is 0 Å². The third-order valence-corrected chi connectivity index (χ3v) is 5.72. The molecule has 2 atom stereocenters. The van der Waals surface area contributed by atoms with Gasteiger partial charge in [0.25, 0.3) is 0 Å². The number of hydrogen-bond donors (Lipinski definition) is 0. The number of nitrogens with zero attached hydrogens (tertiary/aromatic N) is 5. The van der Waals surface area contributed by atoms with E-state index in [2.05, 4.69) is 53.9 Å². The van der Waals surface area contributed by atoms with Gasteiger partial charge in [0, 0.05) is 54.0 Å². The molecule has 0 spiro atoms. The highest BCUT2D eigenvalue weighted by molar-refractivity contribution is 9.10. The Balaban J connectivity index is 1.34. The molecule has 2 aliphatic heterocycles. The lowest BCUT2D eigenvalue weighted by Gasteiger charge is -2.34. The Kier molecular flexibility index (Phi) is 3.68. The van der Waals surface area contributed by atoms with Crippen LogP contribution in [0.4, 0.5) is 5.95 Å². The summed E-state index contributed by atoms with van der Waals surface area (Å²) in [4.78, 5) is 18.8. The van der Waals surface area contributed by atoms with Gasteiger partial charge in [0.05, 0.1) is 11.2 Å². The summed E-state index contributed by atoms with van der Waals surface area (Å²) in [5.74, 6) is 0.861. The third kappa shape index (κ3) is 2.79. The van der Waals surface area contributed by atoms with Gasteiger partial charge in [-0.25, -0.2) is 9.97 Å². The van der Waals surface area contributed by atoms with Crippen molar-refractivity contribution in [3.05, 3.63) is 59.0 Å². The lowest BCUT2D eigenvalue weighted by molar-refractivity contribution is 0.227. The quantitative estimate of drug-likeness (QED) is 0.680.